The summed E-state index contributed by atoms with van der Waals surface area (Å²) in [4.78, 5) is 50.6. The first-order chi connectivity index (χ1) is 16.5. The van der Waals surface area contributed by atoms with Gasteiger partial charge in [-0.05, 0) is 62.3 Å². The highest BCUT2D eigenvalue weighted by Crippen LogP contribution is 2.34. The number of imide groups is 2. The summed E-state index contributed by atoms with van der Waals surface area (Å²) in [6.45, 7) is 0.402. The topological polar surface area (TPSA) is 102 Å². The van der Waals surface area contributed by atoms with Crippen LogP contribution in [0.25, 0.3) is 0 Å². The van der Waals surface area contributed by atoms with E-state index < -0.39 is 29.7 Å². The van der Waals surface area contributed by atoms with Crippen LogP contribution in [0, 0.1) is 0 Å². The summed E-state index contributed by atoms with van der Waals surface area (Å²) in [6, 6.07) is 12.0. The van der Waals surface area contributed by atoms with Crippen molar-refractivity contribution >= 4 is 23.6 Å². The number of ether oxygens (including phenoxy) is 2. The standard InChI is InChI=1S/C26H26N2O6/c29-22-14-13-19(24(30)27-22)28-25(31)18-8-5-10-21(23(18)26(28)32)33-15-4-3-7-17-12-11-16-6-1-2-9-20(16)34-17/h1-2,5-6,8-10,17,19H,3-4,7,11-15H2,(H,27,29,30). The van der Waals surface area contributed by atoms with Crippen molar-refractivity contribution in [2.75, 3.05) is 6.61 Å². The van der Waals surface area contributed by atoms with Crippen LogP contribution in [0.5, 0.6) is 11.5 Å². The fourth-order valence-electron chi connectivity index (χ4n) is 4.84. The zero-order valence-corrected chi connectivity index (χ0v) is 18.7. The molecule has 0 saturated carbocycles. The highest BCUT2D eigenvalue weighted by Gasteiger charge is 2.45. The number of para-hydroxylation sites is 1. The van der Waals surface area contributed by atoms with Crippen molar-refractivity contribution in [1.82, 2.24) is 10.2 Å². The van der Waals surface area contributed by atoms with Gasteiger partial charge in [0.05, 0.1) is 23.8 Å². The quantitative estimate of drug-likeness (QED) is 0.501. The molecule has 2 aromatic rings. The Morgan fingerprint density at radius 1 is 0.941 bits per heavy atom. The molecule has 3 aliphatic heterocycles. The molecule has 3 aliphatic rings. The summed E-state index contributed by atoms with van der Waals surface area (Å²) in [5.74, 6) is -0.799. The Bertz CT molecular complexity index is 1160. The van der Waals surface area contributed by atoms with Gasteiger partial charge in [-0.25, -0.2) is 0 Å². The molecule has 0 radical (unpaired) electrons. The van der Waals surface area contributed by atoms with E-state index in [1.54, 1.807) is 18.2 Å². The summed E-state index contributed by atoms with van der Waals surface area (Å²) in [6.07, 6.45) is 5.04. The van der Waals surface area contributed by atoms with E-state index >= 15 is 0 Å². The zero-order chi connectivity index (χ0) is 23.7. The molecule has 4 amide bonds. The van der Waals surface area contributed by atoms with Crippen LogP contribution in [0.1, 0.15) is 64.8 Å². The number of carbonyl (C=O) groups excluding carboxylic acids is 4. The molecule has 1 N–H and O–H groups in total. The molecule has 2 atom stereocenters. The molecule has 0 aliphatic carbocycles. The number of aryl methyl sites for hydroxylation is 1. The van der Waals surface area contributed by atoms with Gasteiger partial charge in [-0.3, -0.25) is 29.4 Å². The van der Waals surface area contributed by atoms with Crippen molar-refractivity contribution in [2.24, 2.45) is 0 Å². The van der Waals surface area contributed by atoms with Gasteiger partial charge in [0.15, 0.2) is 0 Å². The normalized spacial score (nSPS) is 21.6. The molecule has 1 saturated heterocycles. The van der Waals surface area contributed by atoms with E-state index in [2.05, 4.69) is 11.4 Å². The largest absolute Gasteiger partial charge is 0.493 e. The number of benzene rings is 2. The Kier molecular flexibility index (Phi) is 6.04. The molecule has 2 unspecified atom stereocenters. The van der Waals surface area contributed by atoms with Crippen molar-refractivity contribution in [2.45, 2.75) is 57.1 Å². The average Bonchev–Trinajstić information content (AvgIpc) is 3.09. The van der Waals surface area contributed by atoms with Crippen molar-refractivity contribution in [3.63, 3.8) is 0 Å². The van der Waals surface area contributed by atoms with Gasteiger partial charge in [0.2, 0.25) is 11.8 Å². The van der Waals surface area contributed by atoms with E-state index in [4.69, 9.17) is 9.47 Å². The first-order valence-corrected chi connectivity index (χ1v) is 11.7. The second kappa shape index (κ2) is 9.29. The fraction of sp³-hybridized carbons (Fsp3) is 0.385. The number of rotatable bonds is 7. The summed E-state index contributed by atoms with van der Waals surface area (Å²) in [5.41, 5.74) is 1.66. The molecule has 5 rings (SSSR count). The van der Waals surface area contributed by atoms with Gasteiger partial charge in [-0.1, -0.05) is 24.3 Å². The number of nitrogens with zero attached hydrogens (tertiary/aromatic N) is 1. The first kappa shape index (κ1) is 22.1. The minimum atomic E-state index is -0.987. The van der Waals surface area contributed by atoms with E-state index in [-0.39, 0.29) is 30.1 Å². The third-order valence-electron chi connectivity index (χ3n) is 6.61. The van der Waals surface area contributed by atoms with E-state index in [9.17, 15) is 19.2 Å². The van der Waals surface area contributed by atoms with E-state index in [0.29, 0.717) is 12.4 Å². The minimum absolute atomic E-state index is 0.0868. The second-order valence-corrected chi connectivity index (χ2v) is 8.86. The molecular formula is C26H26N2O6. The molecular weight excluding hydrogens is 436 g/mol. The van der Waals surface area contributed by atoms with Gasteiger partial charge in [-0.2, -0.15) is 0 Å². The number of nitrogens with one attached hydrogen (secondary N) is 1. The predicted octanol–water partition coefficient (Wildman–Crippen LogP) is 3.03. The van der Waals surface area contributed by atoms with E-state index in [1.165, 1.54) is 5.56 Å². The Morgan fingerprint density at radius 2 is 1.79 bits per heavy atom. The molecule has 176 valence electrons. The van der Waals surface area contributed by atoms with Gasteiger partial charge in [0.1, 0.15) is 17.5 Å². The molecule has 8 heteroatoms. The third-order valence-corrected chi connectivity index (χ3v) is 6.61. The Labute approximate surface area is 197 Å². The van der Waals surface area contributed by atoms with E-state index in [0.717, 1.165) is 42.8 Å². The van der Waals surface area contributed by atoms with Crippen molar-refractivity contribution in [3.05, 3.63) is 59.2 Å². The zero-order valence-electron chi connectivity index (χ0n) is 18.7. The molecule has 8 nitrogen and oxygen atoms in total. The van der Waals surface area contributed by atoms with Crippen LogP contribution in [-0.2, 0) is 16.0 Å². The van der Waals surface area contributed by atoms with Crippen LogP contribution < -0.4 is 14.8 Å². The lowest BCUT2D eigenvalue weighted by molar-refractivity contribution is -0.136. The number of amides is 4. The average molecular weight is 463 g/mol. The van der Waals surface area contributed by atoms with Crippen molar-refractivity contribution in [3.8, 4) is 11.5 Å². The maximum atomic E-state index is 13.1. The summed E-state index contributed by atoms with van der Waals surface area (Å²) in [5, 5.41) is 2.20. The summed E-state index contributed by atoms with van der Waals surface area (Å²) >= 11 is 0. The minimum Gasteiger partial charge on any atom is -0.493 e. The second-order valence-electron chi connectivity index (χ2n) is 8.86. The van der Waals surface area contributed by atoms with E-state index in [1.807, 2.05) is 18.2 Å². The molecule has 0 aromatic heterocycles. The number of hydrogen-bond donors (Lipinski definition) is 1. The molecule has 3 heterocycles. The van der Waals surface area contributed by atoms with Crippen LogP contribution >= 0.6 is 0 Å². The smallest absolute Gasteiger partial charge is 0.266 e. The lowest BCUT2D eigenvalue weighted by atomic mass is 9.99. The van der Waals surface area contributed by atoms with Crippen molar-refractivity contribution in [1.29, 1.82) is 0 Å². The van der Waals surface area contributed by atoms with Gasteiger partial charge in [-0.15, -0.1) is 0 Å². The highest BCUT2D eigenvalue weighted by molar-refractivity contribution is 6.24. The summed E-state index contributed by atoms with van der Waals surface area (Å²) in [7, 11) is 0. The number of hydrogen-bond acceptors (Lipinski definition) is 6. The summed E-state index contributed by atoms with van der Waals surface area (Å²) < 4.78 is 12.0. The van der Waals surface area contributed by atoms with Crippen LogP contribution in [0.3, 0.4) is 0 Å². The molecule has 34 heavy (non-hydrogen) atoms. The van der Waals surface area contributed by atoms with Gasteiger partial charge >= 0.3 is 0 Å². The lowest BCUT2D eigenvalue weighted by Gasteiger charge is -2.27. The highest BCUT2D eigenvalue weighted by atomic mass is 16.5. The SMILES string of the molecule is O=C1CCC(N2C(=O)c3cccc(OCCCCC4CCc5ccccc5O4)c3C2=O)C(=O)N1. The maximum Gasteiger partial charge on any atom is 0.266 e. The van der Waals surface area contributed by atoms with Gasteiger partial charge in [0, 0.05) is 6.42 Å². The van der Waals surface area contributed by atoms with Crippen LogP contribution in [0.15, 0.2) is 42.5 Å². The van der Waals surface area contributed by atoms with Crippen LogP contribution in [0.4, 0.5) is 0 Å². The maximum absolute atomic E-state index is 13.1. The number of unbranched alkanes of at least 4 members (excludes halogenated alkanes) is 1. The monoisotopic (exact) mass is 462 g/mol. The predicted molar refractivity (Wildman–Crippen MR) is 122 cm³/mol. The first-order valence-electron chi connectivity index (χ1n) is 11.7. The molecule has 2 aromatic carbocycles. The number of piperidine rings is 1. The van der Waals surface area contributed by atoms with Crippen LogP contribution in [0.2, 0.25) is 0 Å². The third kappa shape index (κ3) is 4.16. The number of carbonyl (C=O) groups is 4. The number of fused-ring (bicyclic) bond motifs is 2. The Balaban J connectivity index is 1.17. The van der Waals surface area contributed by atoms with Gasteiger partial charge in [0.25, 0.3) is 11.8 Å². The van der Waals surface area contributed by atoms with Crippen LogP contribution in [-0.4, -0.2) is 47.3 Å². The Hall–Kier alpha value is -3.68. The molecule has 0 bridgehead atoms. The van der Waals surface area contributed by atoms with Gasteiger partial charge < -0.3 is 9.47 Å². The lowest BCUT2D eigenvalue weighted by Crippen LogP contribution is -2.54. The molecule has 0 spiro atoms. The van der Waals surface area contributed by atoms with Crippen molar-refractivity contribution < 1.29 is 28.7 Å². The fourth-order valence-corrected chi connectivity index (χ4v) is 4.84. The Morgan fingerprint density at radius 3 is 2.65 bits per heavy atom. The molecule has 1 fully saturated rings.